The summed E-state index contributed by atoms with van der Waals surface area (Å²) in [4.78, 5) is 10.5. The fourth-order valence-electron chi connectivity index (χ4n) is 2.54. The summed E-state index contributed by atoms with van der Waals surface area (Å²) in [5.74, 6) is -0.0692. The molecule has 0 radical (unpaired) electrons. The van der Waals surface area contributed by atoms with Crippen LogP contribution >= 0.6 is 0 Å². The summed E-state index contributed by atoms with van der Waals surface area (Å²) in [6, 6.07) is 6.46. The highest BCUT2D eigenvalue weighted by molar-refractivity contribution is 5.81. The molecule has 1 aliphatic rings. The first-order chi connectivity index (χ1) is 11.0. The van der Waals surface area contributed by atoms with Crippen molar-refractivity contribution in [2.45, 2.75) is 45.1 Å². The molecule has 1 aliphatic carbocycles. The maximum Gasteiger partial charge on any atom is 0.126 e. The van der Waals surface area contributed by atoms with Crippen molar-refractivity contribution in [1.29, 1.82) is 0 Å². The first-order valence-electron chi connectivity index (χ1n) is 8.20. The van der Waals surface area contributed by atoms with Crippen molar-refractivity contribution in [2.24, 2.45) is 4.99 Å². The molecule has 1 saturated carbocycles. The van der Waals surface area contributed by atoms with E-state index in [-0.39, 0.29) is 5.76 Å². The molecule has 1 fully saturated rings. The molecule has 0 aromatic carbocycles. The number of nitrogens with zero attached hydrogens (tertiary/aromatic N) is 3. The summed E-state index contributed by atoms with van der Waals surface area (Å²) in [7, 11) is 4.38. The minimum atomic E-state index is -0.0692. The molecule has 1 N–H and O–H groups in total. The van der Waals surface area contributed by atoms with Gasteiger partial charge < -0.3 is 10.0 Å². The maximum atomic E-state index is 8.85. The van der Waals surface area contributed by atoms with Gasteiger partial charge in [0.05, 0.1) is 17.6 Å². The van der Waals surface area contributed by atoms with Gasteiger partial charge in [-0.15, -0.1) is 0 Å². The fourth-order valence-corrected chi connectivity index (χ4v) is 2.54. The Hall–Kier alpha value is -1.94. The largest absolute Gasteiger partial charge is 0.507 e. The molecule has 2 rings (SSSR count). The van der Waals surface area contributed by atoms with Gasteiger partial charge in [0.25, 0.3) is 0 Å². The van der Waals surface area contributed by atoms with Gasteiger partial charge in [-0.1, -0.05) is 38.0 Å². The van der Waals surface area contributed by atoms with E-state index >= 15 is 0 Å². The second-order valence-electron chi connectivity index (χ2n) is 5.89. The number of hydrogen-bond donors (Lipinski definition) is 1. The lowest BCUT2D eigenvalue weighted by atomic mass is 9.95. The van der Waals surface area contributed by atoms with Crippen LogP contribution in [0.25, 0.3) is 5.70 Å². The molecular formula is C19H29N3O. The van der Waals surface area contributed by atoms with Gasteiger partial charge in [0.15, 0.2) is 0 Å². The van der Waals surface area contributed by atoms with Crippen molar-refractivity contribution in [3.63, 3.8) is 0 Å². The monoisotopic (exact) mass is 315 g/mol. The standard InChI is InChI=1S/C11H12N2O.C8H17N/c1-3-10(13-8-9(2)14)11-6-4-5-7-12-11;1-9(2)8-6-4-3-5-7-8/h3-8,14H,2H2,1H3;8H,3-7H2,1-2H3/b10-3-,13-8?;. The topological polar surface area (TPSA) is 48.7 Å². The van der Waals surface area contributed by atoms with E-state index in [4.69, 9.17) is 5.11 Å². The quantitative estimate of drug-likeness (QED) is 0.659. The normalized spacial score (nSPS) is 16.3. The number of rotatable bonds is 4. The van der Waals surface area contributed by atoms with Crippen LogP contribution in [0.1, 0.15) is 44.7 Å². The third-order valence-corrected chi connectivity index (χ3v) is 3.86. The molecule has 23 heavy (non-hydrogen) atoms. The molecule has 0 aliphatic heterocycles. The summed E-state index contributed by atoms with van der Waals surface area (Å²) >= 11 is 0. The van der Waals surface area contributed by atoms with E-state index in [1.165, 1.54) is 38.3 Å². The number of aromatic nitrogens is 1. The molecule has 0 saturated heterocycles. The molecule has 4 nitrogen and oxygen atoms in total. The number of pyridine rings is 1. The van der Waals surface area contributed by atoms with Crippen LogP contribution in [0, 0.1) is 0 Å². The van der Waals surface area contributed by atoms with Crippen LogP contribution < -0.4 is 0 Å². The Kier molecular flexibility index (Phi) is 8.91. The number of aliphatic hydroxyl groups excluding tert-OH is 1. The van der Waals surface area contributed by atoms with Crippen molar-refractivity contribution in [2.75, 3.05) is 14.1 Å². The van der Waals surface area contributed by atoms with Crippen molar-refractivity contribution < 1.29 is 5.11 Å². The molecule has 0 unspecified atom stereocenters. The Labute approximate surface area is 140 Å². The van der Waals surface area contributed by atoms with Gasteiger partial charge >= 0.3 is 0 Å². The lowest BCUT2D eigenvalue weighted by Gasteiger charge is -2.27. The van der Waals surface area contributed by atoms with Gasteiger partial charge in [0.1, 0.15) is 5.76 Å². The van der Waals surface area contributed by atoms with Crippen LogP contribution in [0.4, 0.5) is 0 Å². The van der Waals surface area contributed by atoms with Gasteiger partial charge in [-0.25, -0.2) is 0 Å². The third-order valence-electron chi connectivity index (χ3n) is 3.86. The Morgan fingerprint density at radius 2 is 2.00 bits per heavy atom. The number of allylic oxidation sites excluding steroid dienone is 2. The van der Waals surface area contributed by atoms with Crippen molar-refractivity contribution in [3.05, 3.63) is 48.5 Å². The highest BCUT2D eigenvalue weighted by Crippen LogP contribution is 2.20. The van der Waals surface area contributed by atoms with E-state index < -0.39 is 0 Å². The highest BCUT2D eigenvalue weighted by Gasteiger charge is 2.13. The molecule has 1 aromatic rings. The zero-order valence-electron chi connectivity index (χ0n) is 14.6. The first-order valence-corrected chi connectivity index (χ1v) is 8.20. The van der Waals surface area contributed by atoms with Crippen LogP contribution in [-0.2, 0) is 0 Å². The minimum Gasteiger partial charge on any atom is -0.507 e. The predicted octanol–water partition coefficient (Wildman–Crippen LogP) is 4.47. The second-order valence-corrected chi connectivity index (χ2v) is 5.89. The predicted molar refractivity (Wildman–Crippen MR) is 98.7 cm³/mol. The van der Waals surface area contributed by atoms with E-state index in [1.54, 1.807) is 6.20 Å². The molecule has 4 heteroatoms. The van der Waals surface area contributed by atoms with Crippen molar-refractivity contribution >= 4 is 11.9 Å². The molecule has 126 valence electrons. The van der Waals surface area contributed by atoms with Crippen LogP contribution in [0.5, 0.6) is 0 Å². The Morgan fingerprint density at radius 1 is 1.30 bits per heavy atom. The van der Waals surface area contributed by atoms with Gasteiger partial charge in [0, 0.05) is 12.2 Å². The van der Waals surface area contributed by atoms with E-state index in [1.807, 2.05) is 31.2 Å². The van der Waals surface area contributed by atoms with Gasteiger partial charge in [-0.2, -0.15) is 0 Å². The molecule has 1 aromatic heterocycles. The van der Waals surface area contributed by atoms with Crippen LogP contribution in [0.2, 0.25) is 0 Å². The lowest BCUT2D eigenvalue weighted by molar-refractivity contribution is 0.229. The molecule has 0 atom stereocenters. The summed E-state index contributed by atoms with van der Waals surface area (Å²) in [6.07, 6.45) is 12.0. The minimum absolute atomic E-state index is 0.0692. The smallest absolute Gasteiger partial charge is 0.126 e. The summed E-state index contributed by atoms with van der Waals surface area (Å²) in [5, 5.41) is 8.85. The Morgan fingerprint density at radius 3 is 2.43 bits per heavy atom. The van der Waals surface area contributed by atoms with Gasteiger partial charge in [-0.05, 0) is 46.0 Å². The Balaban J connectivity index is 0.000000253. The van der Waals surface area contributed by atoms with Crippen LogP contribution in [-0.4, -0.2) is 41.3 Å². The van der Waals surface area contributed by atoms with Crippen molar-refractivity contribution in [3.8, 4) is 0 Å². The van der Waals surface area contributed by atoms with E-state index in [9.17, 15) is 0 Å². The van der Waals surface area contributed by atoms with Crippen molar-refractivity contribution in [1.82, 2.24) is 9.88 Å². The average molecular weight is 315 g/mol. The Bertz CT molecular complexity index is 515. The third kappa shape index (κ3) is 7.75. The number of aliphatic imine (C=N–C) groups is 1. The molecular weight excluding hydrogens is 286 g/mol. The zero-order valence-corrected chi connectivity index (χ0v) is 14.6. The average Bonchev–Trinajstić information content (AvgIpc) is 2.57. The number of hydrogen-bond acceptors (Lipinski definition) is 4. The highest BCUT2D eigenvalue weighted by atomic mass is 16.3. The van der Waals surface area contributed by atoms with E-state index in [0.29, 0.717) is 5.70 Å². The second kappa shape index (κ2) is 10.7. The fraction of sp³-hybridized carbons (Fsp3) is 0.474. The number of aliphatic hydroxyl groups is 1. The molecule has 1 heterocycles. The van der Waals surface area contributed by atoms with Gasteiger partial charge in [-0.3, -0.25) is 9.98 Å². The van der Waals surface area contributed by atoms with Crippen LogP contribution in [0.15, 0.2) is 47.8 Å². The van der Waals surface area contributed by atoms with E-state index in [2.05, 4.69) is 35.6 Å². The lowest BCUT2D eigenvalue weighted by Crippen LogP contribution is -2.29. The SMILES string of the molecule is C=C(O)C=N/C(=C\C)c1ccccn1.CN(C)C1CCCCC1. The van der Waals surface area contributed by atoms with Gasteiger partial charge in [0.2, 0.25) is 0 Å². The van der Waals surface area contributed by atoms with Crippen LogP contribution in [0.3, 0.4) is 0 Å². The zero-order chi connectivity index (χ0) is 17.1. The molecule has 0 bridgehead atoms. The maximum absolute atomic E-state index is 8.85. The molecule has 0 amide bonds. The summed E-state index contributed by atoms with van der Waals surface area (Å²) < 4.78 is 0. The first kappa shape index (κ1) is 19.1. The summed E-state index contributed by atoms with van der Waals surface area (Å²) in [6.45, 7) is 5.18. The molecule has 0 spiro atoms. The summed E-state index contributed by atoms with van der Waals surface area (Å²) in [5.41, 5.74) is 1.48. The van der Waals surface area contributed by atoms with E-state index in [0.717, 1.165) is 11.7 Å².